The number of hydrogen-bond donors (Lipinski definition) is 1. The van der Waals surface area contributed by atoms with E-state index < -0.39 is 11.7 Å². The van der Waals surface area contributed by atoms with Gasteiger partial charge in [0.05, 0.1) is 0 Å². The summed E-state index contributed by atoms with van der Waals surface area (Å²) in [5.41, 5.74) is 2.67. The van der Waals surface area contributed by atoms with Gasteiger partial charge in [0.15, 0.2) is 0 Å². The van der Waals surface area contributed by atoms with Gasteiger partial charge in [-0.25, -0.2) is 4.79 Å². The van der Waals surface area contributed by atoms with Crippen molar-refractivity contribution < 1.29 is 9.53 Å². The first kappa shape index (κ1) is 19.3. The molecule has 0 spiro atoms. The fourth-order valence-corrected chi connectivity index (χ4v) is 2.48. The molecule has 1 N–H and O–H groups in total. The lowest BCUT2D eigenvalue weighted by Gasteiger charge is -2.19. The topological polar surface area (TPSA) is 38.3 Å². The van der Waals surface area contributed by atoms with Gasteiger partial charge in [0.25, 0.3) is 0 Å². The summed E-state index contributed by atoms with van der Waals surface area (Å²) in [5, 5.41) is 2.74. The van der Waals surface area contributed by atoms with Crippen molar-refractivity contribution in [2.45, 2.75) is 39.2 Å². The number of hydrogen-bond acceptors (Lipinski definition) is 2. The molecule has 25 heavy (non-hydrogen) atoms. The minimum atomic E-state index is -0.495. The Hall–Kier alpha value is -2.07. The van der Waals surface area contributed by atoms with Gasteiger partial charge < -0.3 is 4.74 Å². The molecule has 0 saturated heterocycles. The van der Waals surface area contributed by atoms with E-state index in [2.05, 4.69) is 45.5 Å². The second-order valence-corrected chi connectivity index (χ2v) is 7.73. The highest BCUT2D eigenvalue weighted by molar-refractivity contribution is 9.10. The summed E-state index contributed by atoms with van der Waals surface area (Å²) < 4.78 is 6.33. The highest BCUT2D eigenvalue weighted by atomic mass is 79.9. The molecule has 0 heterocycles. The van der Waals surface area contributed by atoms with Crippen LogP contribution < -0.4 is 5.32 Å². The second-order valence-electron chi connectivity index (χ2n) is 6.82. The molecule has 0 radical (unpaired) electrons. The molecule has 0 aliphatic heterocycles. The van der Waals surface area contributed by atoms with Crippen molar-refractivity contribution >= 4 is 33.8 Å². The average molecular weight is 402 g/mol. The van der Waals surface area contributed by atoms with Crippen LogP contribution in [0.5, 0.6) is 0 Å². The Labute approximate surface area is 158 Å². The molecule has 0 unspecified atom stereocenters. The SMILES string of the molecule is CC(C)(C)OC(=O)Nc1ccc(CC/C=C/c2ccc(Br)cc2)cc1. The molecule has 0 saturated carbocycles. The van der Waals surface area contributed by atoms with Gasteiger partial charge in [-0.15, -0.1) is 0 Å². The Bertz CT molecular complexity index is 713. The van der Waals surface area contributed by atoms with Crippen LogP contribution in [0.15, 0.2) is 59.1 Å². The van der Waals surface area contributed by atoms with E-state index in [1.54, 1.807) is 0 Å². The molecule has 0 bridgehead atoms. The number of ether oxygens (including phenoxy) is 1. The second kappa shape index (κ2) is 8.86. The first-order valence-electron chi connectivity index (χ1n) is 8.33. The summed E-state index contributed by atoms with van der Waals surface area (Å²) in [6.45, 7) is 5.53. The van der Waals surface area contributed by atoms with E-state index in [0.29, 0.717) is 0 Å². The molecule has 0 aromatic heterocycles. The van der Waals surface area contributed by atoms with E-state index in [-0.39, 0.29) is 0 Å². The molecule has 2 aromatic rings. The molecule has 0 aliphatic rings. The van der Waals surface area contributed by atoms with Crippen LogP contribution in [0.25, 0.3) is 6.08 Å². The normalized spacial score (nSPS) is 11.5. The molecule has 0 fully saturated rings. The van der Waals surface area contributed by atoms with E-state index in [9.17, 15) is 4.79 Å². The van der Waals surface area contributed by atoms with Gasteiger partial charge in [0.2, 0.25) is 0 Å². The van der Waals surface area contributed by atoms with Gasteiger partial charge in [-0.1, -0.05) is 52.3 Å². The quantitative estimate of drug-likeness (QED) is 0.625. The summed E-state index contributed by atoms with van der Waals surface area (Å²) in [6.07, 6.45) is 5.80. The van der Waals surface area contributed by atoms with Crippen LogP contribution in [-0.4, -0.2) is 11.7 Å². The predicted molar refractivity (Wildman–Crippen MR) is 108 cm³/mol. The van der Waals surface area contributed by atoms with Crippen LogP contribution in [0, 0.1) is 0 Å². The molecule has 0 aliphatic carbocycles. The Morgan fingerprint density at radius 3 is 2.32 bits per heavy atom. The van der Waals surface area contributed by atoms with Crippen LogP contribution >= 0.6 is 15.9 Å². The summed E-state index contributed by atoms with van der Waals surface area (Å²) >= 11 is 3.43. The maximum Gasteiger partial charge on any atom is 0.412 e. The van der Waals surface area contributed by atoms with E-state index in [1.165, 1.54) is 11.1 Å². The van der Waals surface area contributed by atoms with Gasteiger partial charge in [-0.3, -0.25) is 5.32 Å². The maximum absolute atomic E-state index is 11.7. The lowest BCUT2D eigenvalue weighted by molar-refractivity contribution is 0.0636. The summed E-state index contributed by atoms with van der Waals surface area (Å²) in [4.78, 5) is 11.7. The lowest BCUT2D eigenvalue weighted by atomic mass is 10.1. The highest BCUT2D eigenvalue weighted by Crippen LogP contribution is 2.15. The molecule has 132 valence electrons. The number of halogens is 1. The molecule has 3 nitrogen and oxygen atoms in total. The summed E-state index contributed by atoms with van der Waals surface area (Å²) in [7, 11) is 0. The van der Waals surface area contributed by atoms with Crippen molar-refractivity contribution in [3.05, 3.63) is 70.2 Å². The van der Waals surface area contributed by atoms with Crippen LogP contribution in [0.2, 0.25) is 0 Å². The Kier molecular flexibility index (Phi) is 6.82. The first-order valence-corrected chi connectivity index (χ1v) is 9.12. The monoisotopic (exact) mass is 401 g/mol. The van der Waals surface area contributed by atoms with Crippen LogP contribution in [0.1, 0.15) is 38.3 Å². The average Bonchev–Trinajstić information content (AvgIpc) is 2.53. The molecule has 0 atom stereocenters. The van der Waals surface area contributed by atoms with Crippen molar-refractivity contribution in [1.82, 2.24) is 0 Å². The third kappa shape index (κ3) is 7.57. The number of carbonyl (C=O) groups is 1. The van der Waals surface area contributed by atoms with Gasteiger partial charge in [-0.2, -0.15) is 0 Å². The highest BCUT2D eigenvalue weighted by Gasteiger charge is 2.15. The smallest absolute Gasteiger partial charge is 0.412 e. The standard InChI is InChI=1S/C21H24BrNO2/c1-21(2,3)25-20(24)23-19-14-10-17(11-15-19)7-5-4-6-16-8-12-18(22)13-9-16/h4,6,8-15H,5,7H2,1-3H3,(H,23,24)/b6-4+. The lowest BCUT2D eigenvalue weighted by Crippen LogP contribution is -2.27. The van der Waals surface area contributed by atoms with Gasteiger partial charge in [0.1, 0.15) is 5.60 Å². The van der Waals surface area contributed by atoms with Crippen LogP contribution in [0.3, 0.4) is 0 Å². The van der Waals surface area contributed by atoms with Crippen molar-refractivity contribution in [3.8, 4) is 0 Å². The van der Waals surface area contributed by atoms with Gasteiger partial charge in [-0.05, 0) is 69.0 Å². The zero-order valence-corrected chi connectivity index (χ0v) is 16.5. The Balaban J connectivity index is 1.80. The van der Waals surface area contributed by atoms with Crippen molar-refractivity contribution in [2.24, 2.45) is 0 Å². The van der Waals surface area contributed by atoms with E-state index in [0.717, 1.165) is 23.0 Å². The van der Waals surface area contributed by atoms with E-state index >= 15 is 0 Å². The number of allylic oxidation sites excluding steroid dienone is 1. The Morgan fingerprint density at radius 1 is 1.08 bits per heavy atom. The molecule has 1 amide bonds. The van der Waals surface area contributed by atoms with Gasteiger partial charge in [0, 0.05) is 10.2 Å². The van der Waals surface area contributed by atoms with Crippen LogP contribution in [0.4, 0.5) is 10.5 Å². The van der Waals surface area contributed by atoms with Crippen molar-refractivity contribution in [2.75, 3.05) is 5.32 Å². The zero-order chi connectivity index (χ0) is 18.3. The number of anilines is 1. The van der Waals surface area contributed by atoms with Crippen molar-refractivity contribution in [3.63, 3.8) is 0 Å². The Morgan fingerprint density at radius 2 is 1.72 bits per heavy atom. The maximum atomic E-state index is 11.7. The van der Waals surface area contributed by atoms with Crippen molar-refractivity contribution in [1.29, 1.82) is 0 Å². The number of carbonyl (C=O) groups excluding carboxylic acids is 1. The predicted octanol–water partition coefficient (Wildman–Crippen LogP) is 6.44. The molecule has 4 heteroatoms. The number of benzene rings is 2. The fourth-order valence-electron chi connectivity index (χ4n) is 2.22. The van der Waals surface area contributed by atoms with Gasteiger partial charge >= 0.3 is 6.09 Å². The van der Waals surface area contributed by atoms with E-state index in [1.807, 2.05) is 57.2 Å². The number of aryl methyl sites for hydroxylation is 1. The van der Waals surface area contributed by atoms with E-state index in [4.69, 9.17) is 4.74 Å². The molecule has 2 rings (SSSR count). The minimum Gasteiger partial charge on any atom is -0.444 e. The number of nitrogens with one attached hydrogen (secondary N) is 1. The number of rotatable bonds is 5. The summed E-state index contributed by atoms with van der Waals surface area (Å²) in [5.74, 6) is 0. The molecule has 2 aromatic carbocycles. The summed E-state index contributed by atoms with van der Waals surface area (Å²) in [6, 6.07) is 16.1. The largest absolute Gasteiger partial charge is 0.444 e. The third-order valence-electron chi connectivity index (χ3n) is 3.38. The minimum absolute atomic E-state index is 0.433. The number of amides is 1. The molecular weight excluding hydrogens is 378 g/mol. The first-order chi connectivity index (χ1) is 11.8. The molecular formula is C21H24BrNO2. The third-order valence-corrected chi connectivity index (χ3v) is 3.91. The van der Waals surface area contributed by atoms with Crippen LogP contribution in [-0.2, 0) is 11.2 Å². The zero-order valence-electron chi connectivity index (χ0n) is 14.9. The fraction of sp³-hybridized carbons (Fsp3) is 0.286.